The highest BCUT2D eigenvalue weighted by Crippen LogP contribution is 2.34. The molecule has 180 valence electrons. The van der Waals surface area contributed by atoms with Gasteiger partial charge in [-0.05, 0) is 44.4 Å². The van der Waals surface area contributed by atoms with Gasteiger partial charge >= 0.3 is 12.2 Å². The molecule has 4 rings (SSSR count). The zero-order valence-electron chi connectivity index (χ0n) is 18.5. The maximum atomic E-state index is 13.5. The second-order valence-corrected chi connectivity index (χ2v) is 8.08. The van der Waals surface area contributed by atoms with E-state index in [9.17, 15) is 27.2 Å². The van der Waals surface area contributed by atoms with Crippen molar-refractivity contribution >= 4 is 34.3 Å². The number of alkyl halides is 3. The van der Waals surface area contributed by atoms with Crippen LogP contribution in [-0.4, -0.2) is 39.8 Å². The van der Waals surface area contributed by atoms with Gasteiger partial charge in [0, 0.05) is 32.0 Å². The molecular weight excluding hydrogens is 456 g/mol. The fourth-order valence-electron chi connectivity index (χ4n) is 4.16. The molecule has 34 heavy (non-hydrogen) atoms. The summed E-state index contributed by atoms with van der Waals surface area (Å²) in [5.74, 6) is -2.24. The standard InChI is InChI=1S/C22H22F4N6O2/c1-12-17-18(32-8-4-3-5-9-32)14(11-27-19(17)31(2)30-12)20(33)29-21(34)28-13-6-7-16(23)15(10-13)22(24,25)26/h6-7,10-11H,3-5,8-9H2,1-2H3,(H2,28,29,33,34). The van der Waals surface area contributed by atoms with Gasteiger partial charge < -0.3 is 10.2 Å². The van der Waals surface area contributed by atoms with E-state index in [1.807, 2.05) is 0 Å². The fourth-order valence-corrected chi connectivity index (χ4v) is 4.16. The molecule has 1 saturated heterocycles. The van der Waals surface area contributed by atoms with Crippen LogP contribution in [0.1, 0.15) is 40.9 Å². The number of hydrogen-bond acceptors (Lipinski definition) is 5. The normalized spacial score (nSPS) is 14.4. The van der Waals surface area contributed by atoms with Gasteiger partial charge in [-0.15, -0.1) is 0 Å². The molecule has 0 unspecified atom stereocenters. The molecule has 3 aromatic rings. The Morgan fingerprint density at radius 3 is 2.50 bits per heavy atom. The molecule has 1 aromatic carbocycles. The van der Waals surface area contributed by atoms with Crippen molar-refractivity contribution < 1.29 is 27.2 Å². The molecule has 0 radical (unpaired) electrons. The Kier molecular flexibility index (Phi) is 6.15. The number of pyridine rings is 1. The zero-order chi connectivity index (χ0) is 24.6. The minimum Gasteiger partial charge on any atom is -0.370 e. The van der Waals surface area contributed by atoms with Crippen LogP contribution in [0, 0.1) is 12.7 Å². The number of fused-ring (bicyclic) bond motifs is 1. The number of piperidine rings is 1. The number of anilines is 2. The average molecular weight is 478 g/mol. The van der Waals surface area contributed by atoms with Gasteiger partial charge in [-0.2, -0.15) is 18.3 Å². The summed E-state index contributed by atoms with van der Waals surface area (Å²) in [6.45, 7) is 3.24. The van der Waals surface area contributed by atoms with Gasteiger partial charge in [0.2, 0.25) is 0 Å². The van der Waals surface area contributed by atoms with Crippen molar-refractivity contribution in [3.05, 3.63) is 47.0 Å². The van der Waals surface area contributed by atoms with E-state index < -0.39 is 29.5 Å². The fraction of sp³-hybridized carbons (Fsp3) is 0.364. The number of aromatic nitrogens is 3. The number of aryl methyl sites for hydroxylation is 2. The topological polar surface area (TPSA) is 92.1 Å². The van der Waals surface area contributed by atoms with Crippen LogP contribution in [0.15, 0.2) is 24.4 Å². The Bertz CT molecular complexity index is 1260. The van der Waals surface area contributed by atoms with Crippen LogP contribution in [0.2, 0.25) is 0 Å². The summed E-state index contributed by atoms with van der Waals surface area (Å²) in [6, 6.07) is 0.973. The van der Waals surface area contributed by atoms with Crippen LogP contribution in [0.25, 0.3) is 11.0 Å². The van der Waals surface area contributed by atoms with Crippen LogP contribution in [0.4, 0.5) is 33.7 Å². The molecule has 12 heteroatoms. The minimum absolute atomic E-state index is 0.149. The molecule has 3 heterocycles. The number of nitrogens with zero attached hydrogens (tertiary/aromatic N) is 4. The van der Waals surface area contributed by atoms with E-state index >= 15 is 0 Å². The lowest BCUT2D eigenvalue weighted by Gasteiger charge is -2.30. The van der Waals surface area contributed by atoms with Crippen molar-refractivity contribution in [2.75, 3.05) is 23.3 Å². The Balaban J connectivity index is 1.62. The smallest absolute Gasteiger partial charge is 0.370 e. The van der Waals surface area contributed by atoms with Gasteiger partial charge in [-0.1, -0.05) is 0 Å². The lowest BCUT2D eigenvalue weighted by atomic mass is 10.0. The number of carbonyl (C=O) groups excluding carboxylic acids is 2. The van der Waals surface area contributed by atoms with Crippen LogP contribution in [-0.2, 0) is 13.2 Å². The largest absolute Gasteiger partial charge is 0.419 e. The Hall–Kier alpha value is -3.70. The molecule has 1 aliphatic rings. The van der Waals surface area contributed by atoms with E-state index in [2.05, 4.69) is 25.6 Å². The molecular formula is C22H22F4N6O2. The number of hydrogen-bond donors (Lipinski definition) is 2. The maximum absolute atomic E-state index is 13.5. The van der Waals surface area contributed by atoms with Crippen molar-refractivity contribution in [3.8, 4) is 0 Å². The van der Waals surface area contributed by atoms with Crippen LogP contribution in [0.5, 0.6) is 0 Å². The number of benzene rings is 1. The number of halogens is 4. The van der Waals surface area contributed by atoms with Crippen molar-refractivity contribution in [1.82, 2.24) is 20.1 Å². The first kappa shape index (κ1) is 23.5. The molecule has 0 aliphatic carbocycles. The number of nitrogens with one attached hydrogen (secondary N) is 2. The summed E-state index contributed by atoms with van der Waals surface area (Å²) in [7, 11) is 1.74. The van der Waals surface area contributed by atoms with Crippen molar-refractivity contribution in [2.24, 2.45) is 7.05 Å². The van der Waals surface area contributed by atoms with Gasteiger partial charge in [0.1, 0.15) is 5.82 Å². The van der Waals surface area contributed by atoms with Crippen molar-refractivity contribution in [2.45, 2.75) is 32.4 Å². The number of rotatable bonds is 3. The predicted molar refractivity (Wildman–Crippen MR) is 117 cm³/mol. The van der Waals surface area contributed by atoms with E-state index in [1.54, 1.807) is 18.7 Å². The molecule has 1 fully saturated rings. The highest BCUT2D eigenvalue weighted by Gasteiger charge is 2.34. The molecule has 3 amide bonds. The number of urea groups is 1. The van der Waals surface area contributed by atoms with Crippen LogP contribution >= 0.6 is 0 Å². The minimum atomic E-state index is -4.93. The number of carbonyl (C=O) groups is 2. The highest BCUT2D eigenvalue weighted by atomic mass is 19.4. The van der Waals surface area contributed by atoms with Crippen molar-refractivity contribution in [1.29, 1.82) is 0 Å². The lowest BCUT2D eigenvalue weighted by Crippen LogP contribution is -2.37. The third-order valence-electron chi connectivity index (χ3n) is 5.67. The highest BCUT2D eigenvalue weighted by molar-refractivity contribution is 6.13. The Morgan fingerprint density at radius 2 is 1.82 bits per heavy atom. The average Bonchev–Trinajstić information content (AvgIpc) is 3.07. The van der Waals surface area contributed by atoms with E-state index in [-0.39, 0.29) is 11.3 Å². The van der Waals surface area contributed by atoms with Gasteiger partial charge in [-0.3, -0.25) is 14.8 Å². The van der Waals surface area contributed by atoms with Gasteiger partial charge in [0.25, 0.3) is 5.91 Å². The van der Waals surface area contributed by atoms with Crippen LogP contribution in [0.3, 0.4) is 0 Å². The second-order valence-electron chi connectivity index (χ2n) is 8.08. The number of imide groups is 1. The first-order valence-electron chi connectivity index (χ1n) is 10.6. The summed E-state index contributed by atoms with van der Waals surface area (Å²) < 4.78 is 53.9. The summed E-state index contributed by atoms with van der Waals surface area (Å²) in [6.07, 6.45) is -0.623. The maximum Gasteiger partial charge on any atom is 0.419 e. The number of amides is 3. The molecule has 0 atom stereocenters. The third kappa shape index (κ3) is 4.52. The van der Waals surface area contributed by atoms with Gasteiger partial charge in [0.15, 0.2) is 5.65 Å². The summed E-state index contributed by atoms with van der Waals surface area (Å²) in [4.78, 5) is 31.8. The van der Waals surface area contributed by atoms with Crippen LogP contribution < -0.4 is 15.5 Å². The zero-order valence-corrected chi connectivity index (χ0v) is 18.5. The monoisotopic (exact) mass is 478 g/mol. The second kappa shape index (κ2) is 8.92. The third-order valence-corrected chi connectivity index (χ3v) is 5.67. The lowest BCUT2D eigenvalue weighted by molar-refractivity contribution is -0.139. The SMILES string of the molecule is Cc1nn(C)c2ncc(C(=O)NC(=O)Nc3ccc(F)c(C(F)(F)F)c3)c(N3CCCCC3)c12. The summed E-state index contributed by atoms with van der Waals surface area (Å²) >= 11 is 0. The predicted octanol–water partition coefficient (Wildman–Crippen LogP) is 4.39. The summed E-state index contributed by atoms with van der Waals surface area (Å²) in [5, 5.41) is 9.37. The first-order valence-corrected chi connectivity index (χ1v) is 10.6. The molecule has 2 aromatic heterocycles. The molecule has 2 N–H and O–H groups in total. The first-order chi connectivity index (χ1) is 16.1. The molecule has 8 nitrogen and oxygen atoms in total. The molecule has 0 saturated carbocycles. The molecule has 0 spiro atoms. The van der Waals surface area contributed by atoms with E-state index in [0.717, 1.165) is 38.4 Å². The summed E-state index contributed by atoms with van der Waals surface area (Å²) in [5.41, 5.74) is 0.191. The quantitative estimate of drug-likeness (QED) is 0.545. The Morgan fingerprint density at radius 1 is 1.12 bits per heavy atom. The van der Waals surface area contributed by atoms with E-state index in [4.69, 9.17) is 0 Å². The molecule has 1 aliphatic heterocycles. The van der Waals surface area contributed by atoms with E-state index in [0.29, 0.717) is 34.5 Å². The van der Waals surface area contributed by atoms with E-state index in [1.165, 1.54) is 6.20 Å². The Labute approximate surface area is 191 Å². The molecule has 0 bridgehead atoms. The van der Waals surface area contributed by atoms with Gasteiger partial charge in [-0.25, -0.2) is 14.2 Å². The van der Waals surface area contributed by atoms with Crippen molar-refractivity contribution in [3.63, 3.8) is 0 Å². The van der Waals surface area contributed by atoms with Gasteiger partial charge in [0.05, 0.1) is 27.9 Å².